The van der Waals surface area contributed by atoms with E-state index in [2.05, 4.69) is 16.3 Å². The van der Waals surface area contributed by atoms with Gasteiger partial charge >= 0.3 is 0 Å². The number of hydrogen-bond donors (Lipinski definition) is 2. The molecule has 1 saturated heterocycles. The SMILES string of the molecule is COCc1cccc(CNC(=O)CN2CCC(N)CC2)c1. The standard InChI is InChI=1S/C16H25N3O2/c1-21-12-14-4-2-3-13(9-14)10-18-16(20)11-19-7-5-15(17)6-8-19/h2-4,9,15H,5-8,10-12,17H2,1H3,(H,18,20). The number of methoxy groups -OCH3 is 1. The Bertz CT molecular complexity index is 457. The number of likely N-dealkylation sites (tertiary alicyclic amines) is 1. The Morgan fingerprint density at radius 1 is 1.38 bits per heavy atom. The first-order valence-electron chi connectivity index (χ1n) is 7.49. The van der Waals surface area contributed by atoms with Gasteiger partial charge in [-0.05, 0) is 24.0 Å². The third kappa shape index (κ3) is 5.46. The molecule has 1 amide bonds. The molecule has 5 heteroatoms. The second-order valence-electron chi connectivity index (χ2n) is 5.64. The normalized spacial score (nSPS) is 16.9. The van der Waals surface area contributed by atoms with Gasteiger partial charge in [0, 0.05) is 32.8 Å². The van der Waals surface area contributed by atoms with Crippen molar-refractivity contribution >= 4 is 5.91 Å². The van der Waals surface area contributed by atoms with E-state index in [4.69, 9.17) is 10.5 Å². The molecule has 116 valence electrons. The first-order chi connectivity index (χ1) is 10.2. The molecule has 0 bridgehead atoms. The summed E-state index contributed by atoms with van der Waals surface area (Å²) in [7, 11) is 1.68. The molecule has 3 N–H and O–H groups in total. The average molecular weight is 291 g/mol. The molecule has 0 unspecified atom stereocenters. The van der Waals surface area contributed by atoms with Crippen molar-refractivity contribution in [1.82, 2.24) is 10.2 Å². The van der Waals surface area contributed by atoms with Crippen LogP contribution in [0.2, 0.25) is 0 Å². The van der Waals surface area contributed by atoms with Crippen molar-refractivity contribution < 1.29 is 9.53 Å². The second kappa shape index (κ2) is 8.12. The van der Waals surface area contributed by atoms with Crippen molar-refractivity contribution in [2.75, 3.05) is 26.7 Å². The van der Waals surface area contributed by atoms with Crippen LogP contribution >= 0.6 is 0 Å². The van der Waals surface area contributed by atoms with Crippen LogP contribution in [0, 0.1) is 0 Å². The molecule has 0 radical (unpaired) electrons. The number of benzene rings is 1. The largest absolute Gasteiger partial charge is 0.380 e. The zero-order chi connectivity index (χ0) is 15.1. The molecule has 1 aliphatic rings. The number of nitrogens with one attached hydrogen (secondary N) is 1. The van der Waals surface area contributed by atoms with Crippen molar-refractivity contribution in [2.24, 2.45) is 5.73 Å². The summed E-state index contributed by atoms with van der Waals surface area (Å²) in [4.78, 5) is 14.1. The number of ether oxygens (including phenoxy) is 1. The van der Waals surface area contributed by atoms with Crippen molar-refractivity contribution in [3.63, 3.8) is 0 Å². The van der Waals surface area contributed by atoms with Crippen molar-refractivity contribution in [3.8, 4) is 0 Å². The van der Waals surface area contributed by atoms with Gasteiger partial charge in [-0.2, -0.15) is 0 Å². The third-order valence-corrected chi connectivity index (χ3v) is 3.79. The van der Waals surface area contributed by atoms with Crippen LogP contribution in [0.15, 0.2) is 24.3 Å². The fourth-order valence-corrected chi connectivity index (χ4v) is 2.57. The van der Waals surface area contributed by atoms with E-state index in [0.29, 0.717) is 25.7 Å². The quantitative estimate of drug-likeness (QED) is 0.816. The lowest BCUT2D eigenvalue weighted by Crippen LogP contribution is -2.44. The number of hydrogen-bond acceptors (Lipinski definition) is 4. The van der Waals surface area contributed by atoms with E-state index >= 15 is 0 Å². The molecule has 1 fully saturated rings. The van der Waals surface area contributed by atoms with E-state index in [0.717, 1.165) is 37.1 Å². The van der Waals surface area contributed by atoms with Crippen LogP contribution in [-0.2, 0) is 22.7 Å². The van der Waals surface area contributed by atoms with Crippen LogP contribution < -0.4 is 11.1 Å². The molecule has 0 aliphatic carbocycles. The maximum absolute atomic E-state index is 12.0. The Labute approximate surface area is 126 Å². The molecule has 21 heavy (non-hydrogen) atoms. The van der Waals surface area contributed by atoms with Crippen LogP contribution in [0.1, 0.15) is 24.0 Å². The van der Waals surface area contributed by atoms with E-state index < -0.39 is 0 Å². The zero-order valence-corrected chi connectivity index (χ0v) is 12.7. The fourth-order valence-electron chi connectivity index (χ4n) is 2.57. The van der Waals surface area contributed by atoms with Gasteiger partial charge in [0.25, 0.3) is 0 Å². The molecule has 0 atom stereocenters. The van der Waals surface area contributed by atoms with E-state index in [1.165, 1.54) is 0 Å². The summed E-state index contributed by atoms with van der Waals surface area (Å²) < 4.78 is 5.11. The van der Waals surface area contributed by atoms with Gasteiger partial charge in [0.2, 0.25) is 5.91 Å². The van der Waals surface area contributed by atoms with Crippen LogP contribution in [0.25, 0.3) is 0 Å². The Morgan fingerprint density at radius 3 is 2.81 bits per heavy atom. The lowest BCUT2D eigenvalue weighted by Gasteiger charge is -2.29. The Morgan fingerprint density at radius 2 is 2.10 bits per heavy atom. The van der Waals surface area contributed by atoms with Gasteiger partial charge in [0.05, 0.1) is 13.2 Å². The van der Waals surface area contributed by atoms with E-state index in [-0.39, 0.29) is 5.91 Å². The minimum absolute atomic E-state index is 0.0719. The molecule has 0 saturated carbocycles. The highest BCUT2D eigenvalue weighted by Gasteiger charge is 2.17. The van der Waals surface area contributed by atoms with Gasteiger partial charge in [0.1, 0.15) is 0 Å². The molecular weight excluding hydrogens is 266 g/mol. The number of nitrogens with two attached hydrogens (primary N) is 1. The maximum atomic E-state index is 12.0. The lowest BCUT2D eigenvalue weighted by molar-refractivity contribution is -0.122. The van der Waals surface area contributed by atoms with E-state index in [9.17, 15) is 4.79 Å². The summed E-state index contributed by atoms with van der Waals surface area (Å²) in [6.45, 7) is 3.44. The first kappa shape index (κ1) is 15.9. The Hall–Kier alpha value is -1.43. The fraction of sp³-hybridized carbons (Fsp3) is 0.562. The van der Waals surface area contributed by atoms with Gasteiger partial charge in [-0.15, -0.1) is 0 Å². The third-order valence-electron chi connectivity index (χ3n) is 3.79. The summed E-state index contributed by atoms with van der Waals surface area (Å²) in [5, 5.41) is 2.97. The summed E-state index contributed by atoms with van der Waals surface area (Å²) >= 11 is 0. The lowest BCUT2D eigenvalue weighted by atomic mass is 10.1. The second-order valence-corrected chi connectivity index (χ2v) is 5.64. The highest BCUT2D eigenvalue weighted by atomic mass is 16.5. The van der Waals surface area contributed by atoms with Crippen molar-refractivity contribution in [1.29, 1.82) is 0 Å². The smallest absolute Gasteiger partial charge is 0.234 e. The summed E-state index contributed by atoms with van der Waals surface area (Å²) in [6.07, 6.45) is 1.96. The molecule has 1 aromatic rings. The summed E-state index contributed by atoms with van der Waals surface area (Å²) in [6, 6.07) is 8.38. The summed E-state index contributed by atoms with van der Waals surface area (Å²) in [5.74, 6) is 0.0719. The van der Waals surface area contributed by atoms with E-state index in [1.807, 2.05) is 18.2 Å². The van der Waals surface area contributed by atoms with Crippen LogP contribution in [0.3, 0.4) is 0 Å². The van der Waals surface area contributed by atoms with Crippen LogP contribution in [0.5, 0.6) is 0 Å². The number of carbonyl (C=O) groups is 1. The van der Waals surface area contributed by atoms with Crippen molar-refractivity contribution in [3.05, 3.63) is 35.4 Å². The molecular formula is C16H25N3O2. The average Bonchev–Trinajstić information content (AvgIpc) is 2.48. The number of carbonyl (C=O) groups excluding carboxylic acids is 1. The highest BCUT2D eigenvalue weighted by molar-refractivity contribution is 5.78. The number of amides is 1. The van der Waals surface area contributed by atoms with Gasteiger partial charge in [0.15, 0.2) is 0 Å². The van der Waals surface area contributed by atoms with Gasteiger partial charge < -0.3 is 15.8 Å². The molecule has 0 aromatic heterocycles. The topological polar surface area (TPSA) is 67.6 Å². The maximum Gasteiger partial charge on any atom is 0.234 e. The van der Waals surface area contributed by atoms with Gasteiger partial charge in [-0.3, -0.25) is 9.69 Å². The van der Waals surface area contributed by atoms with Gasteiger partial charge in [-0.1, -0.05) is 24.3 Å². The van der Waals surface area contributed by atoms with Crippen molar-refractivity contribution in [2.45, 2.75) is 32.0 Å². The Kier molecular flexibility index (Phi) is 6.17. The minimum atomic E-state index is 0.0719. The monoisotopic (exact) mass is 291 g/mol. The molecule has 5 nitrogen and oxygen atoms in total. The summed E-state index contributed by atoms with van der Waals surface area (Å²) in [5.41, 5.74) is 8.08. The number of rotatable bonds is 6. The molecule has 2 rings (SSSR count). The van der Waals surface area contributed by atoms with Crippen LogP contribution in [-0.4, -0.2) is 43.6 Å². The molecule has 1 heterocycles. The Balaban J connectivity index is 1.74. The van der Waals surface area contributed by atoms with E-state index in [1.54, 1.807) is 7.11 Å². The van der Waals surface area contributed by atoms with Gasteiger partial charge in [-0.25, -0.2) is 0 Å². The molecule has 1 aromatic carbocycles. The zero-order valence-electron chi connectivity index (χ0n) is 12.7. The number of piperidine rings is 1. The first-order valence-corrected chi connectivity index (χ1v) is 7.49. The molecule has 1 aliphatic heterocycles. The predicted molar refractivity (Wildman–Crippen MR) is 82.7 cm³/mol. The van der Waals surface area contributed by atoms with Crippen LogP contribution in [0.4, 0.5) is 0 Å². The number of nitrogens with zero attached hydrogens (tertiary/aromatic N) is 1. The molecule has 0 spiro atoms. The predicted octanol–water partition coefficient (Wildman–Crippen LogP) is 0.872. The highest BCUT2D eigenvalue weighted by Crippen LogP contribution is 2.08. The minimum Gasteiger partial charge on any atom is -0.380 e.